The fraction of sp³-hybridized carbons (Fsp3) is 0.684. The van der Waals surface area contributed by atoms with Crippen molar-refractivity contribution in [1.29, 1.82) is 0 Å². The molecule has 144 valence electrons. The second-order valence-corrected chi connectivity index (χ2v) is 8.35. The van der Waals surface area contributed by atoms with Crippen molar-refractivity contribution in [2.75, 3.05) is 58.9 Å². The molecule has 7 heteroatoms. The molecular weight excluding hydrogens is 348 g/mol. The smallest absolute Gasteiger partial charge is 0.209 e. The average molecular weight is 379 g/mol. The van der Waals surface area contributed by atoms with Crippen LogP contribution in [0, 0.1) is 0 Å². The van der Waals surface area contributed by atoms with Crippen LogP contribution in [0.3, 0.4) is 0 Å². The van der Waals surface area contributed by atoms with Crippen molar-refractivity contribution in [2.45, 2.75) is 25.8 Å². The minimum Gasteiger partial charge on any atom is -0.343 e. The number of amides is 1. The van der Waals surface area contributed by atoms with Gasteiger partial charge in [-0.15, -0.1) is 11.3 Å². The number of piperidine rings is 1. The lowest BCUT2D eigenvalue weighted by Gasteiger charge is -2.32. The highest BCUT2D eigenvalue weighted by Gasteiger charge is 2.17. The summed E-state index contributed by atoms with van der Waals surface area (Å²) in [5.74, 6) is 0.186. The van der Waals surface area contributed by atoms with E-state index >= 15 is 0 Å². The molecule has 0 spiro atoms. The molecular formula is C19H30N4O2S. The Labute approximate surface area is 160 Å². The molecule has 1 N–H and O–H groups in total. The highest BCUT2D eigenvalue weighted by molar-refractivity contribution is 7.14. The van der Waals surface area contributed by atoms with Crippen molar-refractivity contribution in [2.24, 2.45) is 0 Å². The molecule has 2 aliphatic rings. The number of thiophene rings is 1. The zero-order chi connectivity index (χ0) is 18.2. The topological polar surface area (TPSA) is 55.9 Å². The molecule has 0 bridgehead atoms. The van der Waals surface area contributed by atoms with E-state index in [1.807, 2.05) is 11.0 Å². The average Bonchev–Trinajstić information content (AvgIpc) is 3.15. The van der Waals surface area contributed by atoms with Gasteiger partial charge < -0.3 is 15.1 Å². The Morgan fingerprint density at radius 3 is 2.54 bits per heavy atom. The summed E-state index contributed by atoms with van der Waals surface area (Å²) in [6.45, 7) is 8.99. The van der Waals surface area contributed by atoms with Crippen molar-refractivity contribution < 1.29 is 9.59 Å². The van der Waals surface area contributed by atoms with E-state index in [0.29, 0.717) is 6.54 Å². The van der Waals surface area contributed by atoms with Crippen molar-refractivity contribution in [3.63, 3.8) is 0 Å². The van der Waals surface area contributed by atoms with Gasteiger partial charge in [0.25, 0.3) is 0 Å². The van der Waals surface area contributed by atoms with Crippen molar-refractivity contribution in [3.05, 3.63) is 21.9 Å². The predicted octanol–water partition coefficient (Wildman–Crippen LogP) is 1.28. The number of carbonyl (C=O) groups is 2. The van der Waals surface area contributed by atoms with Crippen LogP contribution in [0.15, 0.2) is 12.1 Å². The fourth-order valence-corrected chi connectivity index (χ4v) is 4.56. The van der Waals surface area contributed by atoms with Gasteiger partial charge in [-0.05, 0) is 38.1 Å². The maximum atomic E-state index is 12.4. The van der Waals surface area contributed by atoms with Crippen LogP contribution in [0.1, 0.15) is 33.8 Å². The normalized spacial score (nSPS) is 19.6. The van der Waals surface area contributed by atoms with Crippen LogP contribution in [0.5, 0.6) is 0 Å². The van der Waals surface area contributed by atoms with E-state index in [-0.39, 0.29) is 5.78 Å². The number of piperazine rings is 1. The number of Topliss-reactive ketones (excluding diaryl/α,β-unsaturated/α-hetero) is 1. The van der Waals surface area contributed by atoms with E-state index < -0.39 is 0 Å². The first-order valence-corrected chi connectivity index (χ1v) is 10.5. The molecule has 0 unspecified atom stereocenters. The van der Waals surface area contributed by atoms with E-state index in [9.17, 15) is 9.59 Å². The van der Waals surface area contributed by atoms with Crippen molar-refractivity contribution in [3.8, 4) is 0 Å². The van der Waals surface area contributed by atoms with E-state index in [4.69, 9.17) is 0 Å². The van der Waals surface area contributed by atoms with E-state index in [1.165, 1.54) is 37.2 Å². The molecule has 0 atom stereocenters. The number of ketones is 1. The van der Waals surface area contributed by atoms with Crippen LogP contribution in [0.25, 0.3) is 0 Å². The Hall–Kier alpha value is -1.28. The summed E-state index contributed by atoms with van der Waals surface area (Å²) in [4.78, 5) is 31.8. The number of hydrogen-bond donors (Lipinski definition) is 1. The summed E-state index contributed by atoms with van der Waals surface area (Å²) >= 11 is 1.60. The SMILES string of the molecule is O=CN1CCN(Cc2ccc(C(=O)CNCCN3CCCCC3)s2)CC1. The highest BCUT2D eigenvalue weighted by Crippen LogP contribution is 2.19. The predicted molar refractivity (Wildman–Crippen MR) is 105 cm³/mol. The molecule has 3 rings (SSSR count). The zero-order valence-corrected chi connectivity index (χ0v) is 16.3. The summed E-state index contributed by atoms with van der Waals surface area (Å²) in [6.07, 6.45) is 4.90. The number of carbonyl (C=O) groups excluding carboxylic acids is 2. The lowest BCUT2D eigenvalue weighted by atomic mass is 10.1. The molecule has 1 aromatic heterocycles. The van der Waals surface area contributed by atoms with Gasteiger partial charge in [-0.1, -0.05) is 6.42 Å². The zero-order valence-electron chi connectivity index (χ0n) is 15.5. The number of rotatable bonds is 9. The molecule has 26 heavy (non-hydrogen) atoms. The van der Waals surface area contributed by atoms with Gasteiger partial charge in [0, 0.05) is 50.7 Å². The van der Waals surface area contributed by atoms with Crippen LogP contribution in [0.2, 0.25) is 0 Å². The molecule has 3 heterocycles. The number of nitrogens with one attached hydrogen (secondary N) is 1. The van der Waals surface area contributed by atoms with Gasteiger partial charge in [-0.2, -0.15) is 0 Å². The third kappa shape index (κ3) is 5.87. The molecule has 2 saturated heterocycles. The Balaban J connectivity index is 1.35. The molecule has 2 aliphatic heterocycles. The third-order valence-electron chi connectivity index (χ3n) is 5.21. The summed E-state index contributed by atoms with van der Waals surface area (Å²) < 4.78 is 0. The van der Waals surface area contributed by atoms with E-state index in [1.54, 1.807) is 11.3 Å². The monoisotopic (exact) mass is 378 g/mol. The molecule has 0 saturated carbocycles. The number of hydrogen-bond acceptors (Lipinski definition) is 6. The molecule has 1 aromatic rings. The fourth-order valence-electron chi connectivity index (χ4n) is 3.57. The van der Waals surface area contributed by atoms with E-state index in [0.717, 1.165) is 57.1 Å². The molecule has 1 amide bonds. The van der Waals surface area contributed by atoms with Gasteiger partial charge in [-0.3, -0.25) is 14.5 Å². The Bertz CT molecular complexity index is 578. The minimum atomic E-state index is 0.186. The van der Waals surface area contributed by atoms with Gasteiger partial charge >= 0.3 is 0 Å². The van der Waals surface area contributed by atoms with E-state index in [2.05, 4.69) is 21.2 Å². The van der Waals surface area contributed by atoms with Crippen LogP contribution in [0.4, 0.5) is 0 Å². The van der Waals surface area contributed by atoms with Crippen LogP contribution in [-0.4, -0.2) is 85.8 Å². The van der Waals surface area contributed by atoms with Crippen LogP contribution in [-0.2, 0) is 11.3 Å². The molecule has 6 nitrogen and oxygen atoms in total. The van der Waals surface area contributed by atoms with Gasteiger partial charge in [0.2, 0.25) is 6.41 Å². The summed E-state index contributed by atoms with van der Waals surface area (Å²) in [7, 11) is 0. The minimum absolute atomic E-state index is 0.186. The standard InChI is InChI=1S/C19H30N4O2S/c24-16-23-12-10-22(11-13-23)15-17-4-5-19(26-17)18(25)14-20-6-9-21-7-2-1-3-8-21/h4-5,16,20H,1-3,6-15H2. The number of likely N-dealkylation sites (tertiary alicyclic amines) is 1. The second-order valence-electron chi connectivity index (χ2n) is 7.19. The first-order valence-electron chi connectivity index (χ1n) is 9.71. The summed E-state index contributed by atoms with van der Waals surface area (Å²) in [6, 6.07) is 4.02. The Morgan fingerprint density at radius 2 is 1.81 bits per heavy atom. The van der Waals surface area contributed by atoms with Gasteiger partial charge in [0.1, 0.15) is 0 Å². The summed E-state index contributed by atoms with van der Waals surface area (Å²) in [5, 5.41) is 3.30. The molecule has 2 fully saturated rings. The maximum Gasteiger partial charge on any atom is 0.209 e. The van der Waals surface area contributed by atoms with Gasteiger partial charge in [-0.25, -0.2) is 0 Å². The van der Waals surface area contributed by atoms with Crippen LogP contribution >= 0.6 is 11.3 Å². The first-order chi connectivity index (χ1) is 12.7. The molecule has 0 aliphatic carbocycles. The van der Waals surface area contributed by atoms with Crippen LogP contribution < -0.4 is 5.32 Å². The second kappa shape index (κ2) is 10.2. The quantitative estimate of drug-likeness (QED) is 0.399. The van der Waals surface area contributed by atoms with Gasteiger partial charge in [0.15, 0.2) is 5.78 Å². The molecule has 0 radical (unpaired) electrons. The van der Waals surface area contributed by atoms with Gasteiger partial charge in [0.05, 0.1) is 11.4 Å². The first kappa shape index (κ1) is 19.5. The third-order valence-corrected chi connectivity index (χ3v) is 6.32. The van der Waals surface area contributed by atoms with Crippen molar-refractivity contribution in [1.82, 2.24) is 20.0 Å². The largest absolute Gasteiger partial charge is 0.343 e. The Morgan fingerprint density at radius 1 is 1.04 bits per heavy atom. The number of nitrogens with zero attached hydrogens (tertiary/aromatic N) is 3. The summed E-state index contributed by atoms with van der Waals surface area (Å²) in [5.41, 5.74) is 0. The highest BCUT2D eigenvalue weighted by atomic mass is 32.1. The Kier molecular flexibility index (Phi) is 7.61. The van der Waals surface area contributed by atoms with Crippen molar-refractivity contribution >= 4 is 23.5 Å². The lowest BCUT2D eigenvalue weighted by Crippen LogP contribution is -2.44. The lowest BCUT2D eigenvalue weighted by molar-refractivity contribution is -0.119. The maximum absolute atomic E-state index is 12.4. The molecule has 0 aromatic carbocycles.